The van der Waals surface area contributed by atoms with Crippen LogP contribution >= 0.6 is 12.4 Å². The van der Waals surface area contributed by atoms with Crippen molar-refractivity contribution in [2.45, 2.75) is 50.8 Å². The van der Waals surface area contributed by atoms with Gasteiger partial charge in [-0.05, 0) is 12.8 Å². The molecule has 0 unspecified atom stereocenters. The molecule has 0 bridgehead atoms. The number of nitrogens with zero attached hydrogens (tertiary/aromatic N) is 3. The van der Waals surface area contributed by atoms with Gasteiger partial charge in [0.1, 0.15) is 5.69 Å². The molecule has 92 valence electrons. The number of hydrogen-bond donors (Lipinski definition) is 2. The van der Waals surface area contributed by atoms with Gasteiger partial charge in [0.15, 0.2) is 0 Å². The van der Waals surface area contributed by atoms with Gasteiger partial charge in [-0.1, -0.05) is 24.5 Å². The Morgan fingerprint density at radius 2 is 2.06 bits per heavy atom. The maximum absolute atomic E-state index is 8.87. The van der Waals surface area contributed by atoms with Crippen LogP contribution < -0.4 is 5.73 Å². The summed E-state index contributed by atoms with van der Waals surface area (Å²) in [5, 5.41) is 16.7. The van der Waals surface area contributed by atoms with Crippen LogP contribution in [-0.2, 0) is 13.2 Å². The van der Waals surface area contributed by atoms with Crippen LogP contribution in [0.25, 0.3) is 0 Å². The van der Waals surface area contributed by atoms with E-state index in [0.29, 0.717) is 12.2 Å². The van der Waals surface area contributed by atoms with Crippen molar-refractivity contribution in [2.75, 3.05) is 0 Å². The predicted molar refractivity (Wildman–Crippen MR) is 63.2 cm³/mol. The summed E-state index contributed by atoms with van der Waals surface area (Å²) in [5.74, 6) is 0. The lowest BCUT2D eigenvalue weighted by atomic mass is 9.82. The molecule has 1 aromatic heterocycles. The highest BCUT2D eigenvalue weighted by Crippen LogP contribution is 2.26. The van der Waals surface area contributed by atoms with Gasteiger partial charge < -0.3 is 10.8 Å². The third-order valence-electron chi connectivity index (χ3n) is 3.07. The lowest BCUT2D eigenvalue weighted by Crippen LogP contribution is -2.45. The van der Waals surface area contributed by atoms with E-state index in [-0.39, 0.29) is 24.6 Å². The molecule has 2 rings (SSSR count). The Morgan fingerprint density at radius 3 is 2.62 bits per heavy atom. The molecule has 0 spiro atoms. The monoisotopic (exact) mass is 246 g/mol. The Labute approximate surface area is 101 Å². The zero-order valence-corrected chi connectivity index (χ0v) is 10.1. The average molecular weight is 247 g/mol. The maximum atomic E-state index is 8.87. The van der Waals surface area contributed by atoms with Crippen molar-refractivity contribution < 1.29 is 5.11 Å². The summed E-state index contributed by atoms with van der Waals surface area (Å²) in [4.78, 5) is 0. The smallest absolute Gasteiger partial charge is 0.108 e. The van der Waals surface area contributed by atoms with Crippen LogP contribution in [0.1, 0.15) is 37.8 Å². The molecule has 0 saturated heterocycles. The normalized spacial score (nSPS) is 19.1. The Kier molecular flexibility index (Phi) is 4.70. The zero-order valence-electron chi connectivity index (χ0n) is 9.30. The van der Waals surface area contributed by atoms with Crippen molar-refractivity contribution >= 4 is 12.4 Å². The number of aromatic nitrogens is 3. The molecule has 1 aliphatic carbocycles. The number of aliphatic hydroxyl groups excluding tert-OH is 1. The summed E-state index contributed by atoms with van der Waals surface area (Å²) in [6, 6.07) is 0. The Balaban J connectivity index is 0.00000128. The minimum atomic E-state index is -0.126. The Morgan fingerprint density at radius 1 is 1.38 bits per heavy atom. The quantitative estimate of drug-likeness (QED) is 0.829. The minimum Gasteiger partial charge on any atom is -0.390 e. The van der Waals surface area contributed by atoms with Crippen molar-refractivity contribution in [2.24, 2.45) is 5.73 Å². The number of nitrogens with two attached hydrogens (primary N) is 1. The fraction of sp³-hybridized carbons (Fsp3) is 0.800. The van der Waals surface area contributed by atoms with E-state index in [1.54, 1.807) is 10.9 Å². The van der Waals surface area contributed by atoms with Crippen molar-refractivity contribution in [1.82, 2.24) is 15.0 Å². The molecule has 0 atom stereocenters. The van der Waals surface area contributed by atoms with E-state index in [9.17, 15) is 0 Å². The van der Waals surface area contributed by atoms with Gasteiger partial charge in [-0.2, -0.15) is 0 Å². The van der Waals surface area contributed by atoms with Gasteiger partial charge in [-0.3, -0.25) is 4.68 Å². The second-order valence-electron chi connectivity index (χ2n) is 4.49. The van der Waals surface area contributed by atoms with Crippen LogP contribution in [0.4, 0.5) is 0 Å². The van der Waals surface area contributed by atoms with Crippen LogP contribution in [0.2, 0.25) is 0 Å². The zero-order chi connectivity index (χ0) is 10.7. The van der Waals surface area contributed by atoms with Crippen molar-refractivity contribution in [3.8, 4) is 0 Å². The molecule has 0 aliphatic heterocycles. The highest BCUT2D eigenvalue weighted by Gasteiger charge is 2.28. The molecule has 1 aliphatic rings. The molecule has 0 aromatic carbocycles. The summed E-state index contributed by atoms with van der Waals surface area (Å²) in [5.41, 5.74) is 6.77. The van der Waals surface area contributed by atoms with Gasteiger partial charge in [0.05, 0.1) is 19.3 Å². The number of hydrogen-bond acceptors (Lipinski definition) is 4. The molecule has 1 heterocycles. The lowest BCUT2D eigenvalue weighted by molar-refractivity contribution is 0.250. The standard InChI is InChI=1S/C10H18N4O.ClH/c11-10(4-2-1-3-5-10)8-14-6-9(7-15)12-13-14;/h6,15H,1-5,7-8,11H2;1H. The van der Waals surface area contributed by atoms with Crippen LogP contribution in [0.15, 0.2) is 6.20 Å². The lowest BCUT2D eigenvalue weighted by Gasteiger charge is -2.32. The summed E-state index contributed by atoms with van der Waals surface area (Å²) in [7, 11) is 0. The SMILES string of the molecule is Cl.NC1(Cn2cc(CO)nn2)CCCCC1. The van der Waals surface area contributed by atoms with E-state index >= 15 is 0 Å². The number of aliphatic hydroxyl groups is 1. The van der Waals surface area contributed by atoms with Gasteiger partial charge in [-0.15, -0.1) is 17.5 Å². The van der Waals surface area contributed by atoms with Crippen molar-refractivity contribution in [3.05, 3.63) is 11.9 Å². The first-order chi connectivity index (χ1) is 7.22. The van der Waals surface area contributed by atoms with Crippen LogP contribution in [0.3, 0.4) is 0 Å². The molecule has 0 amide bonds. The number of rotatable bonds is 3. The second kappa shape index (κ2) is 5.61. The summed E-state index contributed by atoms with van der Waals surface area (Å²) in [6.07, 6.45) is 7.58. The van der Waals surface area contributed by atoms with E-state index in [1.807, 2.05) is 0 Å². The molecular formula is C10H19ClN4O. The van der Waals surface area contributed by atoms with E-state index in [0.717, 1.165) is 12.8 Å². The van der Waals surface area contributed by atoms with Crippen LogP contribution in [0.5, 0.6) is 0 Å². The minimum absolute atomic E-state index is 0. The summed E-state index contributed by atoms with van der Waals surface area (Å²) >= 11 is 0. The molecule has 0 radical (unpaired) electrons. The van der Waals surface area contributed by atoms with E-state index in [1.165, 1.54) is 19.3 Å². The van der Waals surface area contributed by atoms with Gasteiger partial charge in [0.25, 0.3) is 0 Å². The largest absolute Gasteiger partial charge is 0.390 e. The molecule has 6 heteroatoms. The molecule has 1 fully saturated rings. The van der Waals surface area contributed by atoms with Crippen molar-refractivity contribution in [3.63, 3.8) is 0 Å². The van der Waals surface area contributed by atoms with Crippen molar-refractivity contribution in [1.29, 1.82) is 0 Å². The fourth-order valence-corrected chi connectivity index (χ4v) is 2.22. The molecule has 16 heavy (non-hydrogen) atoms. The number of halogens is 1. The van der Waals surface area contributed by atoms with Gasteiger partial charge in [0, 0.05) is 5.54 Å². The van der Waals surface area contributed by atoms with E-state index in [2.05, 4.69) is 10.3 Å². The van der Waals surface area contributed by atoms with E-state index in [4.69, 9.17) is 10.8 Å². The molecular weight excluding hydrogens is 228 g/mol. The van der Waals surface area contributed by atoms with Crippen LogP contribution in [0, 0.1) is 0 Å². The Hall–Kier alpha value is -0.650. The van der Waals surface area contributed by atoms with Gasteiger partial charge in [-0.25, -0.2) is 0 Å². The first-order valence-electron chi connectivity index (χ1n) is 5.51. The summed E-state index contributed by atoms with van der Waals surface area (Å²) in [6.45, 7) is 0.650. The third kappa shape index (κ3) is 3.17. The van der Waals surface area contributed by atoms with Gasteiger partial charge >= 0.3 is 0 Å². The second-order valence-corrected chi connectivity index (χ2v) is 4.49. The van der Waals surface area contributed by atoms with Gasteiger partial charge in [0.2, 0.25) is 0 Å². The Bertz CT molecular complexity index is 322. The topological polar surface area (TPSA) is 77.0 Å². The average Bonchev–Trinajstić information content (AvgIpc) is 2.66. The molecule has 1 aromatic rings. The molecule has 5 nitrogen and oxygen atoms in total. The fourth-order valence-electron chi connectivity index (χ4n) is 2.22. The first-order valence-corrected chi connectivity index (χ1v) is 5.51. The maximum Gasteiger partial charge on any atom is 0.108 e. The molecule has 3 N–H and O–H groups in total. The van der Waals surface area contributed by atoms with E-state index < -0.39 is 0 Å². The molecule has 1 saturated carbocycles. The first kappa shape index (κ1) is 13.4. The summed E-state index contributed by atoms with van der Waals surface area (Å²) < 4.78 is 1.75. The highest BCUT2D eigenvalue weighted by molar-refractivity contribution is 5.85. The highest BCUT2D eigenvalue weighted by atomic mass is 35.5. The third-order valence-corrected chi connectivity index (χ3v) is 3.07. The van der Waals surface area contributed by atoms with Crippen LogP contribution in [-0.4, -0.2) is 25.6 Å². The predicted octanol–water partition coefficient (Wildman–Crippen LogP) is 0.854.